The third-order valence-electron chi connectivity index (χ3n) is 4.15. The van der Waals surface area contributed by atoms with Crippen molar-refractivity contribution in [3.8, 4) is 0 Å². The number of furan rings is 1. The van der Waals surface area contributed by atoms with E-state index in [4.69, 9.17) is 16.0 Å². The molecule has 0 saturated heterocycles. The Labute approximate surface area is 167 Å². The molecule has 6 nitrogen and oxygen atoms in total. The van der Waals surface area contributed by atoms with Gasteiger partial charge in [-0.25, -0.2) is 0 Å². The zero-order chi connectivity index (χ0) is 19.9. The number of halogens is 1. The molecule has 0 radical (unpaired) electrons. The molecule has 3 rings (SSSR count). The molecule has 28 heavy (non-hydrogen) atoms. The molecule has 1 aromatic heterocycles. The lowest BCUT2D eigenvalue weighted by Gasteiger charge is -2.11. The predicted molar refractivity (Wildman–Crippen MR) is 110 cm³/mol. The molecule has 0 aliphatic rings. The van der Waals surface area contributed by atoms with E-state index in [0.29, 0.717) is 28.6 Å². The Bertz CT molecular complexity index is 954. The molecule has 7 heteroatoms. The maximum atomic E-state index is 12.1. The molecule has 0 bridgehead atoms. The molecule has 0 unspecified atom stereocenters. The number of nitrogens with one attached hydrogen (secondary N) is 3. The Kier molecular flexibility index (Phi) is 6.34. The van der Waals surface area contributed by atoms with Crippen LogP contribution >= 0.6 is 11.6 Å². The molecule has 0 aliphatic heterocycles. The van der Waals surface area contributed by atoms with E-state index >= 15 is 0 Å². The van der Waals surface area contributed by atoms with Gasteiger partial charge in [-0.3, -0.25) is 9.59 Å². The number of hydrogen-bond donors (Lipinski definition) is 3. The van der Waals surface area contributed by atoms with Gasteiger partial charge in [0.15, 0.2) is 0 Å². The number of rotatable bonds is 7. The molecule has 144 valence electrons. The zero-order valence-corrected chi connectivity index (χ0v) is 16.0. The van der Waals surface area contributed by atoms with Crippen molar-refractivity contribution in [3.63, 3.8) is 0 Å². The van der Waals surface area contributed by atoms with E-state index in [1.807, 2.05) is 6.92 Å². The van der Waals surface area contributed by atoms with Crippen molar-refractivity contribution in [2.45, 2.75) is 13.5 Å². The summed E-state index contributed by atoms with van der Waals surface area (Å²) in [5.41, 5.74) is 2.77. The summed E-state index contributed by atoms with van der Waals surface area (Å²) in [6, 6.07) is 15.8. The molecule has 0 aliphatic carbocycles. The largest absolute Gasteiger partial charge is 0.467 e. The fourth-order valence-corrected chi connectivity index (χ4v) is 2.72. The number of carbonyl (C=O) groups is 2. The van der Waals surface area contributed by atoms with Crippen LogP contribution in [0.1, 0.15) is 21.7 Å². The minimum Gasteiger partial charge on any atom is -0.467 e. The summed E-state index contributed by atoms with van der Waals surface area (Å²) < 4.78 is 5.18. The number of amides is 2. The average molecular weight is 398 g/mol. The van der Waals surface area contributed by atoms with Gasteiger partial charge in [0.25, 0.3) is 5.91 Å². The second kappa shape index (κ2) is 9.10. The molecule has 0 fully saturated rings. The van der Waals surface area contributed by atoms with Crippen molar-refractivity contribution < 1.29 is 14.0 Å². The summed E-state index contributed by atoms with van der Waals surface area (Å²) in [6.07, 6.45) is 1.56. The maximum absolute atomic E-state index is 12.1. The lowest BCUT2D eigenvalue weighted by molar-refractivity contribution is -0.114. The first kappa shape index (κ1) is 19.5. The smallest absolute Gasteiger partial charge is 0.251 e. The van der Waals surface area contributed by atoms with Crippen LogP contribution in [-0.2, 0) is 11.3 Å². The topological polar surface area (TPSA) is 83.4 Å². The summed E-state index contributed by atoms with van der Waals surface area (Å²) >= 11 is 6.06. The van der Waals surface area contributed by atoms with Gasteiger partial charge >= 0.3 is 0 Å². The highest BCUT2D eigenvalue weighted by Crippen LogP contribution is 2.22. The molecule has 2 amide bonds. The lowest BCUT2D eigenvalue weighted by atomic mass is 10.2. The molecule has 0 saturated carbocycles. The van der Waals surface area contributed by atoms with Crippen molar-refractivity contribution in [2.24, 2.45) is 0 Å². The summed E-state index contributed by atoms with van der Waals surface area (Å²) in [7, 11) is 0. The van der Waals surface area contributed by atoms with Crippen molar-refractivity contribution in [3.05, 3.63) is 82.8 Å². The summed E-state index contributed by atoms with van der Waals surface area (Å²) in [6.45, 7) is 2.27. The first-order chi connectivity index (χ1) is 13.5. The van der Waals surface area contributed by atoms with Crippen LogP contribution < -0.4 is 16.0 Å². The Morgan fingerprint density at radius 2 is 1.82 bits per heavy atom. The minimum absolute atomic E-state index is 0.0932. The van der Waals surface area contributed by atoms with Gasteiger partial charge in [-0.05, 0) is 61.0 Å². The summed E-state index contributed by atoms with van der Waals surface area (Å²) in [4.78, 5) is 24.3. The average Bonchev–Trinajstić information content (AvgIpc) is 3.22. The second-order valence-electron chi connectivity index (χ2n) is 6.15. The number of carbonyl (C=O) groups excluding carboxylic acids is 2. The highest BCUT2D eigenvalue weighted by atomic mass is 35.5. The molecule has 0 spiro atoms. The molecular weight excluding hydrogens is 378 g/mol. The number of benzene rings is 2. The van der Waals surface area contributed by atoms with Crippen LogP contribution in [0.3, 0.4) is 0 Å². The Morgan fingerprint density at radius 1 is 1.04 bits per heavy atom. The van der Waals surface area contributed by atoms with Crippen LogP contribution in [0.4, 0.5) is 11.4 Å². The molecule has 0 atom stereocenters. The van der Waals surface area contributed by atoms with Gasteiger partial charge in [0, 0.05) is 22.0 Å². The van der Waals surface area contributed by atoms with E-state index in [9.17, 15) is 9.59 Å². The second-order valence-corrected chi connectivity index (χ2v) is 6.56. The van der Waals surface area contributed by atoms with Crippen LogP contribution in [0.25, 0.3) is 0 Å². The van der Waals surface area contributed by atoms with Crippen LogP contribution in [0.15, 0.2) is 65.3 Å². The molecular formula is C21H20ClN3O3. The van der Waals surface area contributed by atoms with Gasteiger partial charge in [-0.2, -0.15) is 0 Å². The van der Waals surface area contributed by atoms with Crippen molar-refractivity contribution in [1.29, 1.82) is 0 Å². The quantitative estimate of drug-likeness (QED) is 0.557. The normalized spacial score (nSPS) is 10.4. The van der Waals surface area contributed by atoms with Gasteiger partial charge in [-0.15, -0.1) is 0 Å². The standard InChI is InChI=1S/C21H20ClN3O3/c1-14-18(22)5-2-6-19(14)25-20(26)13-23-16-9-7-15(8-10-16)21(27)24-12-17-4-3-11-28-17/h2-11,23H,12-13H2,1H3,(H,24,27)(H,25,26). The lowest BCUT2D eigenvalue weighted by Crippen LogP contribution is -2.23. The first-order valence-electron chi connectivity index (χ1n) is 8.72. The number of hydrogen-bond acceptors (Lipinski definition) is 4. The monoisotopic (exact) mass is 397 g/mol. The van der Waals surface area contributed by atoms with Crippen LogP contribution in [-0.4, -0.2) is 18.4 Å². The predicted octanol–water partition coefficient (Wildman–Crippen LogP) is 4.22. The van der Waals surface area contributed by atoms with E-state index < -0.39 is 0 Å². The van der Waals surface area contributed by atoms with Gasteiger partial charge < -0.3 is 20.4 Å². The van der Waals surface area contributed by atoms with Crippen molar-refractivity contribution in [2.75, 3.05) is 17.2 Å². The van der Waals surface area contributed by atoms with Gasteiger partial charge in [0.2, 0.25) is 5.91 Å². The maximum Gasteiger partial charge on any atom is 0.251 e. The van der Waals surface area contributed by atoms with Crippen LogP contribution in [0.2, 0.25) is 5.02 Å². The molecule has 3 N–H and O–H groups in total. The van der Waals surface area contributed by atoms with Gasteiger partial charge in [0.1, 0.15) is 5.76 Å². The highest BCUT2D eigenvalue weighted by molar-refractivity contribution is 6.31. The Morgan fingerprint density at radius 3 is 2.54 bits per heavy atom. The number of anilines is 2. The van der Waals surface area contributed by atoms with E-state index in [1.54, 1.807) is 60.9 Å². The van der Waals surface area contributed by atoms with E-state index in [0.717, 1.165) is 11.3 Å². The first-order valence-corrected chi connectivity index (χ1v) is 9.10. The highest BCUT2D eigenvalue weighted by Gasteiger charge is 2.08. The fourth-order valence-electron chi connectivity index (χ4n) is 2.54. The zero-order valence-electron chi connectivity index (χ0n) is 15.3. The van der Waals surface area contributed by atoms with Crippen molar-refractivity contribution >= 4 is 34.8 Å². The van der Waals surface area contributed by atoms with Gasteiger partial charge in [-0.1, -0.05) is 17.7 Å². The molecule has 1 heterocycles. The van der Waals surface area contributed by atoms with E-state index in [-0.39, 0.29) is 18.4 Å². The van der Waals surface area contributed by atoms with Crippen LogP contribution in [0, 0.1) is 6.92 Å². The van der Waals surface area contributed by atoms with Gasteiger partial charge in [0.05, 0.1) is 19.4 Å². The third-order valence-corrected chi connectivity index (χ3v) is 4.55. The SMILES string of the molecule is Cc1c(Cl)cccc1NC(=O)CNc1ccc(C(=O)NCc2ccco2)cc1. The van der Waals surface area contributed by atoms with Crippen molar-refractivity contribution in [1.82, 2.24) is 5.32 Å². The summed E-state index contributed by atoms with van der Waals surface area (Å²) in [5, 5.41) is 9.23. The van der Waals surface area contributed by atoms with E-state index in [1.165, 1.54) is 0 Å². The molecule has 2 aromatic carbocycles. The molecule has 3 aromatic rings. The Balaban J connectivity index is 1.49. The minimum atomic E-state index is -0.197. The fraction of sp³-hybridized carbons (Fsp3) is 0.143. The summed E-state index contributed by atoms with van der Waals surface area (Å²) in [5.74, 6) is 0.301. The van der Waals surface area contributed by atoms with E-state index in [2.05, 4.69) is 16.0 Å². The third kappa shape index (κ3) is 5.14. The Hall–Kier alpha value is -3.25. The van der Waals surface area contributed by atoms with Crippen LogP contribution in [0.5, 0.6) is 0 Å².